The maximum atomic E-state index is 13.2. The van der Waals surface area contributed by atoms with Crippen molar-refractivity contribution in [1.29, 1.82) is 0 Å². The van der Waals surface area contributed by atoms with Crippen LogP contribution in [0, 0.1) is 5.92 Å². The van der Waals surface area contributed by atoms with Gasteiger partial charge in [0.2, 0.25) is 0 Å². The highest BCUT2D eigenvalue weighted by Gasteiger charge is 2.37. The van der Waals surface area contributed by atoms with E-state index < -0.39 is 10.0 Å². The third-order valence-corrected chi connectivity index (χ3v) is 8.50. The molecule has 2 aliphatic heterocycles. The number of pyridine rings is 1. The smallest absolute Gasteiger partial charge is 0.317 e. The van der Waals surface area contributed by atoms with E-state index in [9.17, 15) is 18.0 Å². The van der Waals surface area contributed by atoms with Gasteiger partial charge in [0.15, 0.2) is 0 Å². The number of aromatic nitrogens is 1. The Kier molecular flexibility index (Phi) is 5.90. The largest absolute Gasteiger partial charge is 0.335 e. The lowest BCUT2D eigenvalue weighted by atomic mass is 9.83. The van der Waals surface area contributed by atoms with E-state index in [1.165, 1.54) is 31.4 Å². The number of nitrogens with one attached hydrogen (secondary N) is 2. The van der Waals surface area contributed by atoms with Crippen molar-refractivity contribution in [3.05, 3.63) is 58.5 Å². The second-order valence-corrected chi connectivity index (χ2v) is 11.2. The number of nitrogens with zero attached hydrogens (tertiary/aromatic N) is 2. The zero-order chi connectivity index (χ0) is 23.0. The molecule has 0 unspecified atom stereocenters. The van der Waals surface area contributed by atoms with Crippen molar-refractivity contribution in [3.63, 3.8) is 0 Å². The number of piperidine rings is 1. The molecular formula is C24H30N4O4S. The molecule has 2 bridgehead atoms. The number of rotatable bonds is 4. The highest BCUT2D eigenvalue weighted by molar-refractivity contribution is 7.92. The quantitative estimate of drug-likeness (QED) is 0.717. The van der Waals surface area contributed by atoms with Gasteiger partial charge in [0, 0.05) is 37.3 Å². The number of amides is 2. The lowest BCUT2D eigenvalue weighted by Gasteiger charge is -2.43. The second-order valence-electron chi connectivity index (χ2n) is 9.49. The molecule has 1 saturated heterocycles. The summed E-state index contributed by atoms with van der Waals surface area (Å²) in [6.45, 7) is 1.67. The van der Waals surface area contributed by atoms with Gasteiger partial charge in [-0.1, -0.05) is 37.5 Å². The van der Waals surface area contributed by atoms with Crippen LogP contribution in [0.2, 0.25) is 0 Å². The Hall–Kier alpha value is -2.81. The lowest BCUT2D eigenvalue weighted by molar-refractivity contribution is 0.127. The number of benzene rings is 1. The Balaban J connectivity index is 1.33. The summed E-state index contributed by atoms with van der Waals surface area (Å²) in [5.41, 5.74) is 0.588. The van der Waals surface area contributed by atoms with Crippen LogP contribution in [0.1, 0.15) is 50.1 Å². The molecule has 9 heteroatoms. The van der Waals surface area contributed by atoms with Crippen LogP contribution >= 0.6 is 0 Å². The van der Waals surface area contributed by atoms with E-state index in [0.29, 0.717) is 19.6 Å². The summed E-state index contributed by atoms with van der Waals surface area (Å²) < 4.78 is 29.5. The molecule has 1 aromatic carbocycles. The zero-order valence-electron chi connectivity index (χ0n) is 18.6. The summed E-state index contributed by atoms with van der Waals surface area (Å²) >= 11 is 0. The maximum Gasteiger partial charge on any atom is 0.317 e. The minimum Gasteiger partial charge on any atom is -0.335 e. The van der Waals surface area contributed by atoms with Gasteiger partial charge in [-0.05, 0) is 49.4 Å². The summed E-state index contributed by atoms with van der Waals surface area (Å²) in [5.74, 6) is 0.245. The van der Waals surface area contributed by atoms with E-state index in [-0.39, 0.29) is 40.1 Å². The van der Waals surface area contributed by atoms with Gasteiger partial charge in [0.25, 0.3) is 15.6 Å². The molecule has 8 nitrogen and oxygen atoms in total. The molecule has 3 heterocycles. The predicted molar refractivity (Wildman–Crippen MR) is 126 cm³/mol. The highest BCUT2D eigenvalue weighted by Crippen LogP contribution is 2.35. The van der Waals surface area contributed by atoms with Gasteiger partial charge < -0.3 is 14.8 Å². The van der Waals surface area contributed by atoms with Crippen molar-refractivity contribution in [2.45, 2.75) is 61.9 Å². The Labute approximate surface area is 194 Å². The molecular weight excluding hydrogens is 440 g/mol. The number of carbonyl (C=O) groups is 1. The Morgan fingerprint density at radius 3 is 2.45 bits per heavy atom. The molecule has 1 saturated carbocycles. The first-order valence-corrected chi connectivity index (χ1v) is 13.3. The average Bonchev–Trinajstić information content (AvgIpc) is 2.82. The van der Waals surface area contributed by atoms with E-state index in [1.54, 1.807) is 28.8 Å². The minimum absolute atomic E-state index is 0.000335. The number of anilines is 1. The van der Waals surface area contributed by atoms with Crippen LogP contribution in [-0.4, -0.2) is 43.0 Å². The lowest BCUT2D eigenvalue weighted by Crippen LogP contribution is -2.53. The van der Waals surface area contributed by atoms with Gasteiger partial charge in [-0.2, -0.15) is 0 Å². The van der Waals surface area contributed by atoms with Crippen LogP contribution in [0.5, 0.6) is 0 Å². The van der Waals surface area contributed by atoms with Gasteiger partial charge in [-0.3, -0.25) is 9.52 Å². The fraction of sp³-hybridized carbons (Fsp3) is 0.500. The van der Waals surface area contributed by atoms with Crippen molar-refractivity contribution in [2.75, 3.05) is 17.8 Å². The van der Waals surface area contributed by atoms with E-state index in [0.717, 1.165) is 25.0 Å². The van der Waals surface area contributed by atoms with E-state index in [2.05, 4.69) is 10.0 Å². The fourth-order valence-electron chi connectivity index (χ4n) is 5.51. The monoisotopic (exact) mass is 470 g/mol. The van der Waals surface area contributed by atoms with Crippen molar-refractivity contribution in [2.24, 2.45) is 5.92 Å². The van der Waals surface area contributed by atoms with Crippen LogP contribution in [0.4, 0.5) is 10.5 Å². The number of carbonyl (C=O) groups excluding carboxylic acids is 1. The summed E-state index contributed by atoms with van der Waals surface area (Å²) in [6.07, 6.45) is 6.61. The third-order valence-electron chi connectivity index (χ3n) is 7.12. The van der Waals surface area contributed by atoms with Gasteiger partial charge in [0.05, 0.1) is 4.90 Å². The topological polar surface area (TPSA) is 101 Å². The normalized spacial score (nSPS) is 23.0. The van der Waals surface area contributed by atoms with E-state index >= 15 is 0 Å². The molecule has 2 atom stereocenters. The molecule has 33 heavy (non-hydrogen) atoms. The first-order chi connectivity index (χ1) is 15.9. The SMILES string of the molecule is O=C(NC1CCCCC1)N1C[C@H]2C[C@H](C1)c1ccc(NS(=O)(=O)c3ccccc3)c(=O)n1C2. The number of likely N-dealkylation sites (tertiary alicyclic amines) is 1. The molecule has 0 spiro atoms. The van der Waals surface area contributed by atoms with Gasteiger partial charge >= 0.3 is 6.03 Å². The van der Waals surface area contributed by atoms with Crippen molar-refractivity contribution in [3.8, 4) is 0 Å². The zero-order valence-corrected chi connectivity index (χ0v) is 19.4. The Bertz CT molecular complexity index is 1190. The molecule has 2 fully saturated rings. The van der Waals surface area contributed by atoms with E-state index in [1.807, 2.05) is 11.0 Å². The first kappa shape index (κ1) is 22.0. The minimum atomic E-state index is -3.84. The van der Waals surface area contributed by atoms with Crippen LogP contribution in [0.3, 0.4) is 0 Å². The number of fused-ring (bicyclic) bond motifs is 4. The summed E-state index contributed by atoms with van der Waals surface area (Å²) in [7, 11) is -3.84. The predicted octanol–water partition coefficient (Wildman–Crippen LogP) is 3.11. The molecule has 3 aliphatic rings. The molecule has 0 radical (unpaired) electrons. The van der Waals surface area contributed by atoms with Crippen molar-refractivity contribution < 1.29 is 13.2 Å². The Morgan fingerprint density at radius 1 is 0.939 bits per heavy atom. The Morgan fingerprint density at radius 2 is 1.70 bits per heavy atom. The number of urea groups is 1. The molecule has 1 aromatic heterocycles. The van der Waals surface area contributed by atoms with E-state index in [4.69, 9.17) is 0 Å². The summed E-state index contributed by atoms with van der Waals surface area (Å²) in [4.78, 5) is 28.1. The molecule has 5 rings (SSSR count). The van der Waals surface area contributed by atoms with Gasteiger partial charge in [-0.15, -0.1) is 0 Å². The molecule has 176 valence electrons. The third kappa shape index (κ3) is 4.51. The first-order valence-electron chi connectivity index (χ1n) is 11.8. The van der Waals surface area contributed by atoms with Crippen LogP contribution < -0.4 is 15.6 Å². The fourth-order valence-corrected chi connectivity index (χ4v) is 6.58. The van der Waals surface area contributed by atoms with Crippen LogP contribution in [0.15, 0.2) is 52.2 Å². The average molecular weight is 471 g/mol. The van der Waals surface area contributed by atoms with Crippen LogP contribution in [-0.2, 0) is 16.6 Å². The number of hydrogen-bond donors (Lipinski definition) is 2. The summed E-state index contributed by atoms with van der Waals surface area (Å²) in [6, 6.07) is 11.7. The van der Waals surface area contributed by atoms with Crippen molar-refractivity contribution >= 4 is 21.7 Å². The van der Waals surface area contributed by atoms with Gasteiger partial charge in [-0.25, -0.2) is 13.2 Å². The second kappa shape index (κ2) is 8.85. The molecule has 2 amide bonds. The standard InChI is InChI=1S/C24H30N4O4S/c29-23-21(26-33(31,32)20-9-5-2-6-10-20)11-12-22-18-13-17(15-28(22)23)14-27(16-18)24(30)25-19-7-3-1-4-8-19/h2,5-6,9-12,17-19,26H,1,3-4,7-8,13-16H2,(H,25,30)/t17-,18-/m1/s1. The number of sulfonamides is 1. The maximum absolute atomic E-state index is 13.2. The highest BCUT2D eigenvalue weighted by atomic mass is 32.2. The molecule has 1 aliphatic carbocycles. The van der Waals surface area contributed by atoms with Crippen LogP contribution in [0.25, 0.3) is 0 Å². The molecule has 2 N–H and O–H groups in total. The summed E-state index contributed by atoms with van der Waals surface area (Å²) in [5, 5.41) is 3.21. The number of hydrogen-bond acceptors (Lipinski definition) is 4. The molecule has 2 aromatic rings. The van der Waals surface area contributed by atoms with Gasteiger partial charge in [0.1, 0.15) is 5.69 Å². The van der Waals surface area contributed by atoms with Crippen molar-refractivity contribution in [1.82, 2.24) is 14.8 Å².